The molecule has 0 amide bonds. The molecule has 1 N–H and O–H groups in total. The predicted molar refractivity (Wildman–Crippen MR) is 69.0 cm³/mol. The van der Waals surface area contributed by atoms with Crippen LogP contribution in [0.25, 0.3) is 0 Å². The average molecular weight is 290 g/mol. The summed E-state index contributed by atoms with van der Waals surface area (Å²) in [4.78, 5) is 19.5. The molecule has 0 aliphatic heterocycles. The van der Waals surface area contributed by atoms with Gasteiger partial charge in [-0.25, -0.2) is 13.4 Å². The van der Waals surface area contributed by atoms with Gasteiger partial charge in [0, 0.05) is 5.38 Å². The Kier molecular flexibility index (Phi) is 4.79. The zero-order valence-electron chi connectivity index (χ0n) is 10.00. The molecule has 0 saturated heterocycles. The van der Waals surface area contributed by atoms with Crippen LogP contribution >= 0.6 is 11.3 Å². The fourth-order valence-electron chi connectivity index (χ4n) is 0.864. The van der Waals surface area contributed by atoms with E-state index in [1.165, 1.54) is 5.38 Å². The van der Waals surface area contributed by atoms with Crippen LogP contribution in [-0.2, 0) is 19.7 Å². The molecule has 0 bridgehead atoms. The van der Waals surface area contributed by atoms with Crippen LogP contribution in [0.3, 0.4) is 0 Å². The van der Waals surface area contributed by atoms with E-state index in [9.17, 15) is 13.2 Å². The summed E-state index contributed by atoms with van der Waals surface area (Å²) < 4.78 is 24.2. The lowest BCUT2D eigenvalue weighted by atomic mass is 10.3. The van der Waals surface area contributed by atoms with Gasteiger partial charge in [0.1, 0.15) is 11.8 Å². The first-order chi connectivity index (χ1) is 8.31. The van der Waals surface area contributed by atoms with E-state index in [0.717, 1.165) is 17.6 Å². The Morgan fingerprint density at radius 2 is 2.28 bits per heavy atom. The lowest BCUT2D eigenvalue weighted by Gasteiger charge is -2.01. The van der Waals surface area contributed by atoms with Gasteiger partial charge in [-0.2, -0.15) is 0 Å². The van der Waals surface area contributed by atoms with Crippen molar-refractivity contribution in [2.45, 2.75) is 20.0 Å². The highest BCUT2D eigenvalue weighted by atomic mass is 32.2. The van der Waals surface area contributed by atoms with Crippen molar-refractivity contribution in [3.05, 3.63) is 11.1 Å². The molecule has 18 heavy (non-hydrogen) atoms. The number of anilines is 1. The van der Waals surface area contributed by atoms with Gasteiger partial charge in [-0.05, 0) is 13.8 Å². The van der Waals surface area contributed by atoms with Crippen LogP contribution in [0.2, 0.25) is 0 Å². The minimum atomic E-state index is -3.39. The normalized spacial score (nSPS) is 12.6. The van der Waals surface area contributed by atoms with Crippen LogP contribution in [0.1, 0.15) is 19.5 Å². The molecule has 7 nitrogen and oxygen atoms in total. The van der Waals surface area contributed by atoms with Crippen LogP contribution in [0.5, 0.6) is 0 Å². The van der Waals surface area contributed by atoms with Crippen molar-refractivity contribution in [3.8, 4) is 0 Å². The van der Waals surface area contributed by atoms with Gasteiger partial charge in [0.05, 0.1) is 6.26 Å². The molecule has 0 unspecified atom stereocenters. The van der Waals surface area contributed by atoms with E-state index < -0.39 is 10.0 Å². The Hall–Kier alpha value is -1.48. The molecule has 0 fully saturated rings. The Morgan fingerprint density at radius 3 is 2.78 bits per heavy atom. The lowest BCUT2D eigenvalue weighted by molar-refractivity contribution is 0.0866. The molecule has 1 rings (SSSR count). The van der Waals surface area contributed by atoms with E-state index in [2.05, 4.69) is 14.9 Å². The monoisotopic (exact) mass is 290 g/mol. The smallest absolute Gasteiger partial charge is 0.259 e. The predicted octanol–water partition coefficient (Wildman–Crippen LogP) is 0.753. The number of hydrogen-bond donors (Lipinski definition) is 1. The maximum atomic E-state index is 11.0. The summed E-state index contributed by atoms with van der Waals surface area (Å²) in [6, 6.07) is 0. The minimum absolute atomic E-state index is 0.110. The zero-order chi connectivity index (χ0) is 13.8. The van der Waals surface area contributed by atoms with Crippen molar-refractivity contribution in [2.24, 2.45) is 5.16 Å². The molecule has 1 radical (unpaired) electrons. The van der Waals surface area contributed by atoms with E-state index in [0.29, 0.717) is 0 Å². The van der Waals surface area contributed by atoms with Gasteiger partial charge in [0.2, 0.25) is 10.0 Å². The van der Waals surface area contributed by atoms with Crippen LogP contribution in [0, 0.1) is 0 Å². The summed E-state index contributed by atoms with van der Waals surface area (Å²) in [6.07, 6.45) is 2.42. The summed E-state index contributed by atoms with van der Waals surface area (Å²) in [7, 11) is -3.39. The topological polar surface area (TPSA) is 97.7 Å². The van der Waals surface area contributed by atoms with E-state index in [4.69, 9.17) is 4.84 Å². The Bertz CT molecular complexity index is 548. The highest BCUT2D eigenvalue weighted by molar-refractivity contribution is 7.92. The number of sulfonamides is 1. The second kappa shape index (κ2) is 5.91. The van der Waals surface area contributed by atoms with Crippen LogP contribution in [-0.4, -0.2) is 37.8 Å². The lowest BCUT2D eigenvalue weighted by Crippen LogP contribution is -2.10. The van der Waals surface area contributed by atoms with Crippen molar-refractivity contribution >= 4 is 38.5 Å². The van der Waals surface area contributed by atoms with Crippen molar-refractivity contribution in [1.29, 1.82) is 0 Å². The Labute approximate surface area is 109 Å². The molecule has 1 aromatic heterocycles. The summed E-state index contributed by atoms with van der Waals surface area (Å²) in [6.45, 7) is 3.51. The number of nitrogens with zero attached hydrogens (tertiary/aromatic N) is 2. The van der Waals surface area contributed by atoms with Gasteiger partial charge in [0.15, 0.2) is 10.8 Å². The molecular weight excluding hydrogens is 278 g/mol. The van der Waals surface area contributed by atoms with E-state index >= 15 is 0 Å². The van der Waals surface area contributed by atoms with E-state index in [-0.39, 0.29) is 22.6 Å². The molecule has 1 heterocycles. The molecule has 0 saturated carbocycles. The maximum absolute atomic E-state index is 11.0. The van der Waals surface area contributed by atoms with Crippen LogP contribution < -0.4 is 4.72 Å². The van der Waals surface area contributed by atoms with Gasteiger partial charge in [-0.15, -0.1) is 11.3 Å². The van der Waals surface area contributed by atoms with Crippen molar-refractivity contribution in [1.82, 2.24) is 4.98 Å². The molecule has 0 atom stereocenters. The molecule has 99 valence electrons. The first kappa shape index (κ1) is 14.6. The zero-order valence-corrected chi connectivity index (χ0v) is 11.6. The van der Waals surface area contributed by atoms with Crippen LogP contribution in [0.4, 0.5) is 5.13 Å². The molecule has 1 aromatic rings. The Morgan fingerprint density at radius 1 is 1.61 bits per heavy atom. The average Bonchev–Trinajstić information content (AvgIpc) is 2.64. The molecule has 0 aromatic carbocycles. The van der Waals surface area contributed by atoms with Crippen molar-refractivity contribution in [2.75, 3.05) is 11.0 Å². The number of nitrogens with one attached hydrogen (secondary N) is 1. The summed E-state index contributed by atoms with van der Waals surface area (Å²) in [5.74, 6) is 0. The highest BCUT2D eigenvalue weighted by Gasteiger charge is 2.12. The second-order valence-corrected chi connectivity index (χ2v) is 6.21. The molecule has 0 aliphatic rings. The fraction of sp³-hybridized carbons (Fsp3) is 0.444. The Balaban J connectivity index is 2.89. The third kappa shape index (κ3) is 4.80. The van der Waals surface area contributed by atoms with Crippen LogP contribution in [0.15, 0.2) is 10.5 Å². The van der Waals surface area contributed by atoms with Crippen molar-refractivity contribution in [3.63, 3.8) is 0 Å². The number of aromatic nitrogens is 1. The highest BCUT2D eigenvalue weighted by Crippen LogP contribution is 2.16. The quantitative estimate of drug-likeness (QED) is 0.616. The number of thiazole rings is 1. The summed E-state index contributed by atoms with van der Waals surface area (Å²) in [5, 5.41) is 5.22. The summed E-state index contributed by atoms with van der Waals surface area (Å²) >= 11 is 1.04. The SMILES string of the molecule is CC(C)ON=C([C]=O)c1csc(NS(C)(=O)=O)n1. The standard InChI is InChI=1S/C9H12N3O4S2/c1-6(2)16-11-7(4-13)8-5-17-9(10-8)12-18(3,14)15/h5-6H,1-3H3,(H,10,12). The molecule has 0 aliphatic carbocycles. The number of carbonyl (C=O) groups excluding carboxylic acids is 1. The van der Waals surface area contributed by atoms with Gasteiger partial charge >= 0.3 is 0 Å². The first-order valence-corrected chi connectivity index (χ1v) is 7.64. The first-order valence-electron chi connectivity index (χ1n) is 4.87. The van der Waals surface area contributed by atoms with E-state index in [1.54, 1.807) is 20.1 Å². The summed E-state index contributed by atoms with van der Waals surface area (Å²) in [5.41, 5.74) is 0.100. The van der Waals surface area contributed by atoms with Gasteiger partial charge in [0.25, 0.3) is 6.29 Å². The second-order valence-electron chi connectivity index (χ2n) is 3.61. The minimum Gasteiger partial charge on any atom is -0.392 e. The number of oxime groups is 1. The fourth-order valence-corrected chi connectivity index (χ4v) is 2.41. The van der Waals surface area contributed by atoms with Gasteiger partial charge in [-0.3, -0.25) is 9.52 Å². The maximum Gasteiger partial charge on any atom is 0.259 e. The van der Waals surface area contributed by atoms with Gasteiger partial charge in [-0.1, -0.05) is 5.16 Å². The molecule has 0 spiro atoms. The number of hydrogen-bond acceptors (Lipinski definition) is 7. The number of rotatable bonds is 6. The van der Waals surface area contributed by atoms with Crippen molar-refractivity contribution < 1.29 is 18.0 Å². The third-order valence-corrected chi connectivity index (χ3v) is 2.92. The third-order valence-electron chi connectivity index (χ3n) is 1.47. The molecule has 9 heteroatoms. The largest absolute Gasteiger partial charge is 0.392 e. The van der Waals surface area contributed by atoms with E-state index in [1.807, 2.05) is 0 Å². The molecular formula is C9H12N3O4S2. The van der Waals surface area contributed by atoms with Gasteiger partial charge < -0.3 is 4.84 Å².